The normalized spacial score (nSPS) is 15.7. The number of amides is 2. The maximum atomic E-state index is 12.2. The topological polar surface area (TPSA) is 95.3 Å². The zero-order valence-electron chi connectivity index (χ0n) is 11.5. The number of aromatic nitrogens is 2. The van der Waals surface area contributed by atoms with E-state index in [0.717, 1.165) is 5.56 Å². The first kappa shape index (κ1) is 13.2. The number of carbonyl (C=O) groups is 2. The van der Waals surface area contributed by atoms with E-state index in [0.29, 0.717) is 17.1 Å². The molecule has 0 radical (unpaired) electrons. The van der Waals surface area contributed by atoms with Gasteiger partial charge in [0.2, 0.25) is 11.8 Å². The number of benzene rings is 1. The molecule has 2 amide bonds. The van der Waals surface area contributed by atoms with Crippen LogP contribution in [-0.2, 0) is 9.59 Å². The molecule has 1 aromatic carbocycles. The standard InChI is InChI=1S/C14H15N5O2/c1-18-7-13(21)19(8-12(18)20)11-5-3-2-4-9(11)10-6-16-17-14(10)15/h2-6H,7-8H2,1H3,(H3,15,16,17). The van der Waals surface area contributed by atoms with E-state index < -0.39 is 0 Å². The van der Waals surface area contributed by atoms with Gasteiger partial charge in [0.25, 0.3) is 0 Å². The Bertz CT molecular complexity index is 709. The quantitative estimate of drug-likeness (QED) is 0.838. The highest BCUT2D eigenvalue weighted by atomic mass is 16.2. The summed E-state index contributed by atoms with van der Waals surface area (Å²) in [5, 5.41) is 6.58. The number of para-hydroxylation sites is 1. The van der Waals surface area contributed by atoms with E-state index in [4.69, 9.17) is 5.73 Å². The van der Waals surface area contributed by atoms with Crippen molar-refractivity contribution in [2.45, 2.75) is 0 Å². The van der Waals surface area contributed by atoms with Crippen LogP contribution in [-0.4, -0.2) is 47.0 Å². The third kappa shape index (κ3) is 2.22. The molecule has 21 heavy (non-hydrogen) atoms. The summed E-state index contributed by atoms with van der Waals surface area (Å²) in [5.74, 6) is 0.214. The molecule has 1 fully saturated rings. The number of H-pyrrole nitrogens is 1. The fraction of sp³-hybridized carbons (Fsp3) is 0.214. The van der Waals surface area contributed by atoms with Crippen LogP contribution in [0.2, 0.25) is 0 Å². The number of carbonyl (C=O) groups excluding carboxylic acids is 2. The molecule has 1 aromatic heterocycles. The van der Waals surface area contributed by atoms with Gasteiger partial charge in [-0.3, -0.25) is 14.7 Å². The zero-order chi connectivity index (χ0) is 15.0. The smallest absolute Gasteiger partial charge is 0.247 e. The Morgan fingerprint density at radius 3 is 2.62 bits per heavy atom. The molecule has 1 aliphatic heterocycles. The number of hydrogen-bond donors (Lipinski definition) is 2. The second-order valence-corrected chi connectivity index (χ2v) is 4.94. The summed E-state index contributed by atoms with van der Waals surface area (Å²) in [6.45, 7) is 0.109. The van der Waals surface area contributed by atoms with E-state index in [1.54, 1.807) is 19.3 Å². The Kier molecular flexibility index (Phi) is 3.09. The molecule has 1 saturated heterocycles. The summed E-state index contributed by atoms with van der Waals surface area (Å²) in [4.78, 5) is 27.0. The number of hydrogen-bond acceptors (Lipinski definition) is 4. The van der Waals surface area contributed by atoms with Crippen LogP contribution < -0.4 is 10.6 Å². The molecule has 0 bridgehead atoms. The number of rotatable bonds is 2. The molecule has 3 rings (SSSR count). The average Bonchev–Trinajstić information content (AvgIpc) is 2.89. The lowest BCUT2D eigenvalue weighted by Gasteiger charge is -2.32. The summed E-state index contributed by atoms with van der Waals surface area (Å²) >= 11 is 0. The van der Waals surface area contributed by atoms with Gasteiger partial charge in [0.1, 0.15) is 12.4 Å². The first-order valence-corrected chi connectivity index (χ1v) is 6.50. The second-order valence-electron chi connectivity index (χ2n) is 4.94. The molecule has 0 saturated carbocycles. The summed E-state index contributed by atoms with van der Waals surface area (Å²) in [6, 6.07) is 7.34. The molecule has 1 aliphatic rings. The fourth-order valence-electron chi connectivity index (χ4n) is 2.39. The Labute approximate surface area is 121 Å². The number of aromatic amines is 1. The van der Waals surface area contributed by atoms with Crippen molar-refractivity contribution in [2.24, 2.45) is 0 Å². The second kappa shape index (κ2) is 4.93. The lowest BCUT2D eigenvalue weighted by Crippen LogP contribution is -2.52. The monoisotopic (exact) mass is 285 g/mol. The van der Waals surface area contributed by atoms with Gasteiger partial charge in [-0.15, -0.1) is 0 Å². The van der Waals surface area contributed by atoms with Crippen LogP contribution in [0.25, 0.3) is 11.1 Å². The van der Waals surface area contributed by atoms with E-state index >= 15 is 0 Å². The first-order chi connectivity index (χ1) is 10.1. The predicted molar refractivity (Wildman–Crippen MR) is 78.4 cm³/mol. The molecule has 3 N–H and O–H groups in total. The molecule has 7 nitrogen and oxygen atoms in total. The van der Waals surface area contributed by atoms with Crippen LogP contribution in [0.4, 0.5) is 11.5 Å². The third-order valence-corrected chi connectivity index (χ3v) is 3.55. The minimum absolute atomic E-state index is 0.0318. The van der Waals surface area contributed by atoms with E-state index in [1.807, 2.05) is 18.2 Å². The maximum Gasteiger partial charge on any atom is 0.247 e. The molecule has 0 unspecified atom stereocenters. The van der Waals surface area contributed by atoms with Gasteiger partial charge in [-0.25, -0.2) is 0 Å². The SMILES string of the molecule is CN1CC(=O)N(c2ccccc2-c2cn[nH]c2N)CC1=O. The van der Waals surface area contributed by atoms with Gasteiger partial charge in [0, 0.05) is 18.2 Å². The number of nitrogens with zero attached hydrogens (tertiary/aromatic N) is 3. The van der Waals surface area contributed by atoms with Gasteiger partial charge in [0.15, 0.2) is 0 Å². The van der Waals surface area contributed by atoms with Crippen LogP contribution in [0.1, 0.15) is 0 Å². The Morgan fingerprint density at radius 1 is 1.14 bits per heavy atom. The minimum Gasteiger partial charge on any atom is -0.384 e. The van der Waals surface area contributed by atoms with Crippen molar-refractivity contribution in [1.82, 2.24) is 15.1 Å². The van der Waals surface area contributed by atoms with Crippen molar-refractivity contribution < 1.29 is 9.59 Å². The number of nitrogen functional groups attached to an aromatic ring is 1. The largest absolute Gasteiger partial charge is 0.384 e. The number of likely N-dealkylation sites (N-methyl/N-ethyl adjacent to an activating group) is 1. The van der Waals surface area contributed by atoms with E-state index in [9.17, 15) is 9.59 Å². The Balaban J connectivity index is 2.06. The van der Waals surface area contributed by atoms with Crippen molar-refractivity contribution in [3.05, 3.63) is 30.5 Å². The lowest BCUT2D eigenvalue weighted by molar-refractivity contribution is -0.136. The first-order valence-electron chi connectivity index (χ1n) is 6.50. The van der Waals surface area contributed by atoms with Gasteiger partial charge in [-0.2, -0.15) is 5.10 Å². The van der Waals surface area contributed by atoms with Gasteiger partial charge < -0.3 is 15.5 Å². The van der Waals surface area contributed by atoms with Gasteiger partial charge in [-0.05, 0) is 6.07 Å². The van der Waals surface area contributed by atoms with Gasteiger partial charge in [-0.1, -0.05) is 18.2 Å². The lowest BCUT2D eigenvalue weighted by atomic mass is 10.0. The Morgan fingerprint density at radius 2 is 1.90 bits per heavy atom. The zero-order valence-corrected chi connectivity index (χ0v) is 11.5. The van der Waals surface area contributed by atoms with Crippen LogP contribution in [0.15, 0.2) is 30.5 Å². The number of anilines is 2. The molecule has 2 heterocycles. The van der Waals surface area contributed by atoms with Crippen molar-refractivity contribution in [1.29, 1.82) is 0 Å². The molecule has 7 heteroatoms. The van der Waals surface area contributed by atoms with Crippen molar-refractivity contribution in [3.63, 3.8) is 0 Å². The summed E-state index contributed by atoms with van der Waals surface area (Å²) in [6.07, 6.45) is 1.61. The van der Waals surface area contributed by atoms with Gasteiger partial charge in [0.05, 0.1) is 18.4 Å². The minimum atomic E-state index is -0.119. The van der Waals surface area contributed by atoms with Crippen LogP contribution in [0, 0.1) is 0 Å². The molecule has 0 spiro atoms. The van der Waals surface area contributed by atoms with E-state index in [-0.39, 0.29) is 24.9 Å². The molecular weight excluding hydrogens is 270 g/mol. The average molecular weight is 285 g/mol. The highest BCUT2D eigenvalue weighted by Gasteiger charge is 2.30. The predicted octanol–water partition coefficient (Wildman–Crippen LogP) is 0.464. The van der Waals surface area contributed by atoms with E-state index in [2.05, 4.69) is 10.2 Å². The Hall–Kier alpha value is -2.83. The molecule has 2 aromatic rings. The van der Waals surface area contributed by atoms with E-state index in [1.165, 1.54) is 9.80 Å². The van der Waals surface area contributed by atoms with Crippen molar-refractivity contribution in [3.8, 4) is 11.1 Å². The third-order valence-electron chi connectivity index (χ3n) is 3.55. The molecular formula is C14H15N5O2. The van der Waals surface area contributed by atoms with Crippen LogP contribution in [0.5, 0.6) is 0 Å². The summed E-state index contributed by atoms with van der Waals surface area (Å²) < 4.78 is 0. The molecule has 0 aliphatic carbocycles. The molecule has 108 valence electrons. The number of nitrogens with two attached hydrogens (primary N) is 1. The summed E-state index contributed by atoms with van der Waals surface area (Å²) in [5.41, 5.74) is 8.01. The van der Waals surface area contributed by atoms with Crippen LogP contribution in [0.3, 0.4) is 0 Å². The number of piperazine rings is 1. The highest BCUT2D eigenvalue weighted by molar-refractivity contribution is 6.07. The van der Waals surface area contributed by atoms with Crippen LogP contribution >= 0.6 is 0 Å². The highest BCUT2D eigenvalue weighted by Crippen LogP contribution is 2.33. The van der Waals surface area contributed by atoms with Gasteiger partial charge >= 0.3 is 0 Å². The summed E-state index contributed by atoms with van der Waals surface area (Å²) in [7, 11) is 1.62. The maximum absolute atomic E-state index is 12.2. The van der Waals surface area contributed by atoms with Crippen molar-refractivity contribution >= 4 is 23.3 Å². The molecule has 0 atom stereocenters. The fourth-order valence-corrected chi connectivity index (χ4v) is 2.39. The number of nitrogens with one attached hydrogen (secondary N) is 1. The van der Waals surface area contributed by atoms with Crippen molar-refractivity contribution in [2.75, 3.05) is 30.8 Å².